The van der Waals surface area contributed by atoms with Crippen molar-refractivity contribution < 1.29 is 0 Å². The highest BCUT2D eigenvalue weighted by molar-refractivity contribution is 5.15. The molecule has 0 aromatic rings. The first-order valence-electron chi connectivity index (χ1n) is 6.73. The minimum Gasteiger partial charge on any atom is -0.198 e. The lowest BCUT2D eigenvalue weighted by Crippen LogP contribution is -2.23. The predicted octanol–water partition coefficient (Wildman–Crippen LogP) is 4.86. The molecule has 1 heteroatoms. The van der Waals surface area contributed by atoms with Gasteiger partial charge in [-0.15, -0.1) is 0 Å². The van der Waals surface area contributed by atoms with Crippen molar-refractivity contribution in [3.63, 3.8) is 0 Å². The van der Waals surface area contributed by atoms with Crippen LogP contribution in [0, 0.1) is 28.6 Å². The maximum atomic E-state index is 9.10. The van der Waals surface area contributed by atoms with E-state index in [0.717, 1.165) is 12.8 Å². The van der Waals surface area contributed by atoms with Gasteiger partial charge < -0.3 is 0 Å². The minimum atomic E-state index is -0.0649. The Morgan fingerprint density at radius 3 is 2.41 bits per heavy atom. The first kappa shape index (κ1) is 14.0. The van der Waals surface area contributed by atoms with Gasteiger partial charge in [0.05, 0.1) is 11.5 Å². The standard InChI is InChI=1S/C16H25N/c1-13(2)6-5-7-14(3)15-8-10-16(4,12-17)11-9-15/h5-7,13,15H,8-11H2,1-4H3/b6-5+,14-7-. The van der Waals surface area contributed by atoms with Crippen molar-refractivity contribution in [2.75, 3.05) is 0 Å². The van der Waals surface area contributed by atoms with Crippen LogP contribution in [0.25, 0.3) is 0 Å². The van der Waals surface area contributed by atoms with Crippen LogP contribution in [0.3, 0.4) is 0 Å². The zero-order valence-electron chi connectivity index (χ0n) is 11.7. The van der Waals surface area contributed by atoms with E-state index in [9.17, 15) is 0 Å². The Morgan fingerprint density at radius 1 is 1.35 bits per heavy atom. The Hall–Kier alpha value is -1.03. The summed E-state index contributed by atoms with van der Waals surface area (Å²) in [5.41, 5.74) is 1.41. The van der Waals surface area contributed by atoms with Gasteiger partial charge in [0.2, 0.25) is 0 Å². The highest BCUT2D eigenvalue weighted by atomic mass is 14.4. The van der Waals surface area contributed by atoms with Crippen molar-refractivity contribution in [3.8, 4) is 6.07 Å². The predicted molar refractivity (Wildman–Crippen MR) is 73.4 cm³/mol. The number of nitriles is 1. The van der Waals surface area contributed by atoms with E-state index >= 15 is 0 Å². The Kier molecular flexibility index (Phi) is 5.00. The van der Waals surface area contributed by atoms with Crippen LogP contribution in [0.4, 0.5) is 0 Å². The van der Waals surface area contributed by atoms with Crippen molar-refractivity contribution >= 4 is 0 Å². The molecule has 1 aliphatic carbocycles. The van der Waals surface area contributed by atoms with E-state index in [2.05, 4.69) is 52.0 Å². The lowest BCUT2D eigenvalue weighted by molar-refractivity contribution is 0.250. The quantitative estimate of drug-likeness (QED) is 0.636. The smallest absolute Gasteiger partial charge is 0.0686 e. The molecule has 0 saturated heterocycles. The average molecular weight is 231 g/mol. The monoisotopic (exact) mass is 231 g/mol. The molecule has 1 aliphatic rings. The third-order valence-corrected chi connectivity index (χ3v) is 3.86. The van der Waals surface area contributed by atoms with Gasteiger partial charge in [0, 0.05) is 0 Å². The van der Waals surface area contributed by atoms with Crippen molar-refractivity contribution in [1.82, 2.24) is 0 Å². The van der Waals surface area contributed by atoms with E-state index in [4.69, 9.17) is 5.26 Å². The molecule has 94 valence electrons. The van der Waals surface area contributed by atoms with Gasteiger partial charge in [0.1, 0.15) is 0 Å². The highest BCUT2D eigenvalue weighted by Crippen LogP contribution is 2.40. The maximum Gasteiger partial charge on any atom is 0.0686 e. The van der Waals surface area contributed by atoms with Crippen LogP contribution in [-0.4, -0.2) is 0 Å². The van der Waals surface area contributed by atoms with Gasteiger partial charge in [-0.3, -0.25) is 0 Å². The number of rotatable bonds is 3. The third-order valence-electron chi connectivity index (χ3n) is 3.86. The Labute approximate surface area is 106 Å². The molecule has 0 aromatic heterocycles. The van der Waals surface area contributed by atoms with Gasteiger partial charge in [0.15, 0.2) is 0 Å². The first-order chi connectivity index (χ1) is 7.97. The van der Waals surface area contributed by atoms with Gasteiger partial charge in [-0.1, -0.05) is 37.6 Å². The van der Waals surface area contributed by atoms with Gasteiger partial charge in [-0.25, -0.2) is 0 Å². The van der Waals surface area contributed by atoms with E-state index in [-0.39, 0.29) is 5.41 Å². The normalized spacial score (nSPS) is 30.8. The molecular formula is C16H25N. The van der Waals surface area contributed by atoms with E-state index in [1.807, 2.05) is 0 Å². The summed E-state index contributed by atoms with van der Waals surface area (Å²) in [6, 6.07) is 2.46. The van der Waals surface area contributed by atoms with Gasteiger partial charge in [0.25, 0.3) is 0 Å². The summed E-state index contributed by atoms with van der Waals surface area (Å²) in [4.78, 5) is 0. The van der Waals surface area contributed by atoms with Crippen LogP contribution in [0.15, 0.2) is 23.8 Å². The minimum absolute atomic E-state index is 0.0649. The molecule has 0 heterocycles. The molecule has 1 fully saturated rings. The Bertz CT molecular complexity index is 333. The van der Waals surface area contributed by atoms with E-state index in [1.165, 1.54) is 18.4 Å². The van der Waals surface area contributed by atoms with Gasteiger partial charge in [-0.05, 0) is 51.4 Å². The third kappa shape index (κ3) is 4.38. The van der Waals surface area contributed by atoms with Crippen molar-refractivity contribution in [2.24, 2.45) is 17.3 Å². The van der Waals surface area contributed by atoms with E-state index in [1.54, 1.807) is 0 Å². The Morgan fingerprint density at radius 2 is 1.94 bits per heavy atom. The summed E-state index contributed by atoms with van der Waals surface area (Å²) in [6.45, 7) is 8.71. The fourth-order valence-electron chi connectivity index (χ4n) is 2.39. The van der Waals surface area contributed by atoms with Crippen LogP contribution >= 0.6 is 0 Å². The number of hydrogen-bond acceptors (Lipinski definition) is 1. The molecular weight excluding hydrogens is 206 g/mol. The summed E-state index contributed by atoms with van der Waals surface area (Å²) in [5.74, 6) is 1.31. The molecule has 0 aromatic carbocycles. The molecule has 0 atom stereocenters. The fourth-order valence-corrected chi connectivity index (χ4v) is 2.39. The molecule has 0 radical (unpaired) electrons. The zero-order valence-corrected chi connectivity index (χ0v) is 11.7. The topological polar surface area (TPSA) is 23.8 Å². The molecule has 0 bridgehead atoms. The second-order valence-electron chi connectivity index (χ2n) is 5.99. The summed E-state index contributed by atoms with van der Waals surface area (Å²) in [5, 5.41) is 9.10. The molecule has 1 rings (SSSR count). The molecule has 0 N–H and O–H groups in total. The van der Waals surface area contributed by atoms with Gasteiger partial charge >= 0.3 is 0 Å². The summed E-state index contributed by atoms with van der Waals surface area (Å²) < 4.78 is 0. The first-order valence-corrected chi connectivity index (χ1v) is 6.73. The molecule has 1 nitrogen and oxygen atoms in total. The highest BCUT2D eigenvalue weighted by Gasteiger charge is 2.31. The second kappa shape index (κ2) is 6.05. The molecule has 0 amide bonds. The molecule has 17 heavy (non-hydrogen) atoms. The molecule has 0 aliphatic heterocycles. The number of hydrogen-bond donors (Lipinski definition) is 0. The summed E-state index contributed by atoms with van der Waals surface area (Å²) in [6.07, 6.45) is 11.1. The Balaban J connectivity index is 2.52. The second-order valence-corrected chi connectivity index (χ2v) is 5.99. The maximum absolute atomic E-state index is 9.10. The lowest BCUT2D eigenvalue weighted by atomic mass is 9.71. The van der Waals surface area contributed by atoms with Crippen LogP contribution < -0.4 is 0 Å². The summed E-state index contributed by atoms with van der Waals surface area (Å²) >= 11 is 0. The average Bonchev–Trinajstić information content (AvgIpc) is 2.29. The van der Waals surface area contributed by atoms with E-state index in [0.29, 0.717) is 11.8 Å². The molecule has 0 spiro atoms. The summed E-state index contributed by atoms with van der Waals surface area (Å²) in [7, 11) is 0. The van der Waals surface area contributed by atoms with Gasteiger partial charge in [-0.2, -0.15) is 5.26 Å². The number of allylic oxidation sites excluding steroid dienone is 4. The van der Waals surface area contributed by atoms with Crippen LogP contribution in [-0.2, 0) is 0 Å². The zero-order chi connectivity index (χ0) is 12.9. The number of nitrogens with zero attached hydrogens (tertiary/aromatic N) is 1. The van der Waals surface area contributed by atoms with Crippen molar-refractivity contribution in [2.45, 2.75) is 53.4 Å². The fraction of sp³-hybridized carbons (Fsp3) is 0.688. The van der Waals surface area contributed by atoms with E-state index < -0.39 is 0 Å². The largest absolute Gasteiger partial charge is 0.198 e. The molecule has 1 saturated carbocycles. The lowest BCUT2D eigenvalue weighted by Gasteiger charge is -2.32. The van der Waals surface area contributed by atoms with Crippen LogP contribution in [0.1, 0.15) is 53.4 Å². The molecule has 0 unspecified atom stereocenters. The van der Waals surface area contributed by atoms with Crippen LogP contribution in [0.2, 0.25) is 0 Å². The van der Waals surface area contributed by atoms with Crippen molar-refractivity contribution in [3.05, 3.63) is 23.8 Å². The SMILES string of the molecule is C/C(=C/C=C/C(C)C)C1CCC(C)(C#N)CC1. The van der Waals surface area contributed by atoms with Crippen molar-refractivity contribution in [1.29, 1.82) is 5.26 Å². The van der Waals surface area contributed by atoms with Crippen LogP contribution in [0.5, 0.6) is 0 Å².